The van der Waals surface area contributed by atoms with Gasteiger partial charge in [-0.3, -0.25) is 13.8 Å². The molecular formula is C10H19NO4S. The fraction of sp³-hybridized carbons (Fsp3) is 0.800. The van der Waals surface area contributed by atoms with Crippen LogP contribution in [0.25, 0.3) is 0 Å². The van der Waals surface area contributed by atoms with Crippen molar-refractivity contribution in [3.05, 3.63) is 0 Å². The Labute approximate surface area is 98.1 Å². The van der Waals surface area contributed by atoms with Crippen molar-refractivity contribution in [1.82, 2.24) is 5.32 Å². The number of nitrogens with one attached hydrogen (secondary N) is 1. The first-order valence-electron chi connectivity index (χ1n) is 5.16. The van der Waals surface area contributed by atoms with Gasteiger partial charge in [0.05, 0.1) is 5.92 Å². The summed E-state index contributed by atoms with van der Waals surface area (Å²) < 4.78 is 11.7. The molecule has 0 heterocycles. The topological polar surface area (TPSA) is 83.5 Å². The van der Waals surface area contributed by atoms with Gasteiger partial charge < -0.3 is 10.4 Å². The molecular weight excluding hydrogens is 230 g/mol. The van der Waals surface area contributed by atoms with E-state index in [0.29, 0.717) is 0 Å². The molecule has 0 saturated carbocycles. The SMILES string of the molecule is CC(C)NC(=O)C(C)S(=O)CC(C)C(=O)O. The Kier molecular flexibility index (Phi) is 6.25. The summed E-state index contributed by atoms with van der Waals surface area (Å²) in [5.74, 6) is -1.99. The van der Waals surface area contributed by atoms with Crippen LogP contribution in [-0.2, 0) is 20.4 Å². The average Bonchev–Trinajstić information content (AvgIpc) is 2.14. The summed E-state index contributed by atoms with van der Waals surface area (Å²) in [5, 5.41) is 10.6. The molecule has 2 N–H and O–H groups in total. The Bertz CT molecular complexity index is 291. The first-order valence-corrected chi connectivity index (χ1v) is 6.54. The molecule has 3 unspecified atom stereocenters. The number of carbonyl (C=O) groups excluding carboxylic acids is 1. The minimum Gasteiger partial charge on any atom is -0.481 e. The van der Waals surface area contributed by atoms with Crippen molar-refractivity contribution in [2.24, 2.45) is 5.92 Å². The molecule has 3 atom stereocenters. The lowest BCUT2D eigenvalue weighted by Gasteiger charge is -2.15. The summed E-state index contributed by atoms with van der Waals surface area (Å²) in [6.45, 7) is 6.65. The number of hydrogen-bond acceptors (Lipinski definition) is 3. The van der Waals surface area contributed by atoms with Crippen LogP contribution >= 0.6 is 0 Å². The van der Waals surface area contributed by atoms with Crippen molar-refractivity contribution in [2.45, 2.75) is 39.0 Å². The summed E-state index contributed by atoms with van der Waals surface area (Å²) in [5.41, 5.74) is 0. The van der Waals surface area contributed by atoms with E-state index < -0.39 is 27.9 Å². The van der Waals surface area contributed by atoms with E-state index in [-0.39, 0.29) is 17.7 Å². The van der Waals surface area contributed by atoms with E-state index >= 15 is 0 Å². The van der Waals surface area contributed by atoms with Gasteiger partial charge in [0.15, 0.2) is 0 Å². The molecule has 0 aliphatic heterocycles. The van der Waals surface area contributed by atoms with Crippen molar-refractivity contribution < 1.29 is 18.9 Å². The molecule has 0 spiro atoms. The molecule has 0 bridgehead atoms. The summed E-state index contributed by atoms with van der Waals surface area (Å²) >= 11 is 0. The summed E-state index contributed by atoms with van der Waals surface area (Å²) in [7, 11) is -1.45. The number of hydrogen-bond donors (Lipinski definition) is 2. The maximum absolute atomic E-state index is 11.7. The van der Waals surface area contributed by atoms with Gasteiger partial charge in [0, 0.05) is 22.6 Å². The Morgan fingerprint density at radius 2 is 1.75 bits per heavy atom. The quantitative estimate of drug-likeness (QED) is 0.712. The number of carboxylic acids is 1. The van der Waals surface area contributed by atoms with Gasteiger partial charge in [-0.1, -0.05) is 6.92 Å². The smallest absolute Gasteiger partial charge is 0.307 e. The standard InChI is InChI=1S/C10H19NO4S/c1-6(2)11-9(12)8(4)16(15)5-7(3)10(13)14/h6-8H,5H2,1-4H3,(H,11,12)(H,13,14). The van der Waals surface area contributed by atoms with E-state index in [1.807, 2.05) is 13.8 Å². The third-order valence-electron chi connectivity index (χ3n) is 2.03. The van der Waals surface area contributed by atoms with Gasteiger partial charge in [0.2, 0.25) is 5.91 Å². The minimum absolute atomic E-state index is 0.00200. The van der Waals surface area contributed by atoms with Gasteiger partial charge in [-0.05, 0) is 20.8 Å². The molecule has 0 fully saturated rings. The Morgan fingerprint density at radius 1 is 1.25 bits per heavy atom. The molecule has 0 radical (unpaired) electrons. The number of aliphatic carboxylic acids is 1. The summed E-state index contributed by atoms with van der Waals surface area (Å²) in [4.78, 5) is 22.1. The molecule has 1 amide bonds. The van der Waals surface area contributed by atoms with Crippen LogP contribution in [0.15, 0.2) is 0 Å². The van der Waals surface area contributed by atoms with Crippen LogP contribution in [0.1, 0.15) is 27.7 Å². The molecule has 0 aromatic carbocycles. The normalized spacial score (nSPS) is 16.6. The van der Waals surface area contributed by atoms with E-state index in [1.165, 1.54) is 6.92 Å². The zero-order valence-corrected chi connectivity index (χ0v) is 10.8. The van der Waals surface area contributed by atoms with E-state index in [4.69, 9.17) is 5.11 Å². The van der Waals surface area contributed by atoms with Gasteiger partial charge >= 0.3 is 5.97 Å². The zero-order chi connectivity index (χ0) is 12.9. The van der Waals surface area contributed by atoms with E-state index in [1.54, 1.807) is 6.92 Å². The molecule has 0 aromatic heterocycles. The molecule has 5 nitrogen and oxygen atoms in total. The second-order valence-corrected chi connectivity index (χ2v) is 5.89. The zero-order valence-electron chi connectivity index (χ0n) is 10.0. The highest BCUT2D eigenvalue weighted by molar-refractivity contribution is 7.86. The van der Waals surface area contributed by atoms with E-state index in [9.17, 15) is 13.8 Å². The van der Waals surface area contributed by atoms with Crippen LogP contribution < -0.4 is 5.32 Å². The molecule has 16 heavy (non-hydrogen) atoms. The molecule has 0 aromatic rings. The first kappa shape index (κ1) is 15.1. The van der Waals surface area contributed by atoms with E-state index in [2.05, 4.69) is 5.32 Å². The highest BCUT2D eigenvalue weighted by Crippen LogP contribution is 2.04. The van der Waals surface area contributed by atoms with Crippen LogP contribution in [0.5, 0.6) is 0 Å². The van der Waals surface area contributed by atoms with Gasteiger partial charge in [0.25, 0.3) is 0 Å². The predicted molar refractivity (Wildman–Crippen MR) is 62.5 cm³/mol. The highest BCUT2D eigenvalue weighted by Gasteiger charge is 2.24. The Hall–Kier alpha value is -0.910. The molecule has 0 aliphatic rings. The van der Waals surface area contributed by atoms with Gasteiger partial charge in [-0.2, -0.15) is 0 Å². The monoisotopic (exact) mass is 249 g/mol. The molecule has 0 aliphatic carbocycles. The second kappa shape index (κ2) is 6.62. The van der Waals surface area contributed by atoms with Crippen molar-refractivity contribution in [2.75, 3.05) is 5.75 Å². The number of carbonyl (C=O) groups is 2. The number of carboxylic acid groups (broad SMARTS) is 1. The van der Waals surface area contributed by atoms with Crippen LogP contribution in [0.3, 0.4) is 0 Å². The van der Waals surface area contributed by atoms with Gasteiger partial charge in [-0.25, -0.2) is 0 Å². The van der Waals surface area contributed by atoms with Crippen molar-refractivity contribution in [3.63, 3.8) is 0 Å². The van der Waals surface area contributed by atoms with E-state index in [0.717, 1.165) is 0 Å². The summed E-state index contributed by atoms with van der Waals surface area (Å²) in [6.07, 6.45) is 0. The molecule has 6 heteroatoms. The first-order chi connectivity index (χ1) is 7.25. The highest BCUT2D eigenvalue weighted by atomic mass is 32.2. The molecule has 94 valence electrons. The number of rotatable bonds is 6. The predicted octanol–water partition coefficient (Wildman–Crippen LogP) is 0.369. The maximum Gasteiger partial charge on any atom is 0.307 e. The maximum atomic E-state index is 11.7. The van der Waals surface area contributed by atoms with Crippen molar-refractivity contribution in [1.29, 1.82) is 0 Å². The Morgan fingerprint density at radius 3 is 2.12 bits per heavy atom. The fourth-order valence-electron chi connectivity index (χ4n) is 0.983. The molecule has 0 saturated heterocycles. The molecule has 0 rings (SSSR count). The average molecular weight is 249 g/mol. The lowest BCUT2D eigenvalue weighted by atomic mass is 10.2. The van der Waals surface area contributed by atoms with Crippen LogP contribution in [0.2, 0.25) is 0 Å². The van der Waals surface area contributed by atoms with Crippen LogP contribution in [-0.4, -0.2) is 38.2 Å². The van der Waals surface area contributed by atoms with Crippen LogP contribution in [0.4, 0.5) is 0 Å². The van der Waals surface area contributed by atoms with Crippen LogP contribution in [0, 0.1) is 5.92 Å². The van der Waals surface area contributed by atoms with Gasteiger partial charge in [0.1, 0.15) is 5.25 Å². The van der Waals surface area contributed by atoms with Crippen molar-refractivity contribution in [3.8, 4) is 0 Å². The second-order valence-electron chi connectivity index (χ2n) is 4.09. The fourth-order valence-corrected chi connectivity index (χ4v) is 2.21. The third kappa shape index (κ3) is 5.25. The number of amides is 1. The largest absolute Gasteiger partial charge is 0.481 e. The lowest BCUT2D eigenvalue weighted by Crippen LogP contribution is -2.40. The van der Waals surface area contributed by atoms with Gasteiger partial charge in [-0.15, -0.1) is 0 Å². The summed E-state index contributed by atoms with van der Waals surface area (Å²) in [6, 6.07) is -0.0103. The minimum atomic E-state index is -1.45. The van der Waals surface area contributed by atoms with Crippen molar-refractivity contribution >= 4 is 22.7 Å². The third-order valence-corrected chi connectivity index (χ3v) is 3.86. The lowest BCUT2D eigenvalue weighted by molar-refractivity contribution is -0.140. The Balaban J connectivity index is 4.28.